The minimum absolute atomic E-state index is 0.325. The number of aromatic nitrogens is 2. The van der Waals surface area contributed by atoms with Crippen molar-refractivity contribution in [2.75, 3.05) is 0 Å². The number of nitrogens with zero attached hydrogens (tertiary/aromatic N) is 2. The van der Waals surface area contributed by atoms with Gasteiger partial charge in [-0.2, -0.15) is 5.10 Å². The minimum Gasteiger partial charge on any atom is -0.398 e. The average Bonchev–Trinajstić information content (AvgIpc) is 2.51. The number of aryl methyl sites for hydroxylation is 1. The lowest BCUT2D eigenvalue weighted by atomic mass is 9.85. The first kappa shape index (κ1) is 12.1. The highest BCUT2D eigenvalue weighted by atomic mass is 79.9. The Morgan fingerprint density at radius 1 is 1.25 bits per heavy atom. The van der Waals surface area contributed by atoms with Crippen LogP contribution in [0.25, 0.3) is 0 Å². The predicted molar refractivity (Wildman–Crippen MR) is 66.6 cm³/mol. The zero-order chi connectivity index (χ0) is 12.1. The van der Waals surface area contributed by atoms with Gasteiger partial charge in [-0.15, -0.1) is 0 Å². The van der Waals surface area contributed by atoms with Gasteiger partial charge in [-0.1, -0.05) is 0 Å². The standard InChI is InChI=1S/C10H16BBrN2O2/c1-9(2)10(3,4)16-11(15-9)8-7(12)6-14(5)13-8/h6H,1-5H3. The van der Waals surface area contributed by atoms with Gasteiger partial charge in [0.15, 0.2) is 0 Å². The van der Waals surface area contributed by atoms with Crippen LogP contribution in [-0.4, -0.2) is 28.1 Å². The number of hydrogen-bond donors (Lipinski definition) is 0. The lowest BCUT2D eigenvalue weighted by Gasteiger charge is -2.32. The van der Waals surface area contributed by atoms with Gasteiger partial charge in [0, 0.05) is 13.2 Å². The molecule has 1 fully saturated rings. The molecule has 1 aromatic rings. The normalized spacial score (nSPS) is 22.8. The third-order valence-electron chi connectivity index (χ3n) is 3.29. The second-order valence-electron chi connectivity index (χ2n) is 5.12. The largest absolute Gasteiger partial charge is 0.517 e. The van der Waals surface area contributed by atoms with E-state index in [2.05, 4.69) is 21.0 Å². The van der Waals surface area contributed by atoms with Crippen molar-refractivity contribution >= 4 is 28.6 Å². The van der Waals surface area contributed by atoms with E-state index in [1.807, 2.05) is 40.9 Å². The Hall–Kier alpha value is -0.325. The summed E-state index contributed by atoms with van der Waals surface area (Å²) in [6, 6.07) is 0. The lowest BCUT2D eigenvalue weighted by molar-refractivity contribution is 0.00578. The topological polar surface area (TPSA) is 36.3 Å². The second-order valence-corrected chi connectivity index (χ2v) is 5.98. The Bertz CT molecular complexity index is 401. The van der Waals surface area contributed by atoms with Crippen LogP contribution in [0.2, 0.25) is 0 Å². The Balaban J connectivity index is 2.30. The molecule has 0 radical (unpaired) electrons. The molecular weight excluding hydrogens is 271 g/mol. The van der Waals surface area contributed by atoms with Gasteiger partial charge in [0.1, 0.15) is 5.59 Å². The number of hydrogen-bond acceptors (Lipinski definition) is 3. The van der Waals surface area contributed by atoms with Gasteiger partial charge in [-0.3, -0.25) is 4.68 Å². The lowest BCUT2D eigenvalue weighted by Crippen LogP contribution is -2.41. The van der Waals surface area contributed by atoms with E-state index in [9.17, 15) is 0 Å². The zero-order valence-electron chi connectivity index (χ0n) is 10.2. The summed E-state index contributed by atoms with van der Waals surface area (Å²) < 4.78 is 14.5. The molecule has 88 valence electrons. The Labute approximate surface area is 105 Å². The van der Waals surface area contributed by atoms with Crippen LogP contribution in [0.15, 0.2) is 10.7 Å². The van der Waals surface area contributed by atoms with E-state index >= 15 is 0 Å². The number of halogens is 1. The average molecular weight is 287 g/mol. The third kappa shape index (κ3) is 1.83. The Kier molecular flexibility index (Phi) is 2.72. The summed E-state index contributed by atoms with van der Waals surface area (Å²) in [6.07, 6.45) is 1.89. The van der Waals surface area contributed by atoms with E-state index in [-0.39, 0.29) is 11.2 Å². The zero-order valence-corrected chi connectivity index (χ0v) is 11.8. The summed E-state index contributed by atoms with van der Waals surface area (Å²) in [6.45, 7) is 8.13. The van der Waals surface area contributed by atoms with Crippen molar-refractivity contribution < 1.29 is 9.31 Å². The fourth-order valence-electron chi connectivity index (χ4n) is 1.59. The molecule has 1 aromatic heterocycles. The molecule has 1 aliphatic heterocycles. The van der Waals surface area contributed by atoms with Crippen molar-refractivity contribution in [2.45, 2.75) is 38.9 Å². The van der Waals surface area contributed by atoms with Crippen LogP contribution in [-0.2, 0) is 16.4 Å². The smallest absolute Gasteiger partial charge is 0.398 e. The van der Waals surface area contributed by atoms with E-state index in [0.717, 1.165) is 10.1 Å². The summed E-state index contributed by atoms with van der Waals surface area (Å²) in [7, 11) is 1.47. The maximum atomic E-state index is 5.92. The molecule has 0 aliphatic carbocycles. The van der Waals surface area contributed by atoms with E-state index in [4.69, 9.17) is 9.31 Å². The van der Waals surface area contributed by atoms with Crippen LogP contribution in [0, 0.1) is 0 Å². The van der Waals surface area contributed by atoms with Gasteiger partial charge in [-0.05, 0) is 43.6 Å². The fraction of sp³-hybridized carbons (Fsp3) is 0.700. The maximum Gasteiger partial charge on any atom is 0.517 e. The summed E-state index contributed by atoms with van der Waals surface area (Å²) in [5, 5.41) is 4.34. The first-order chi connectivity index (χ1) is 7.23. The highest BCUT2D eigenvalue weighted by Gasteiger charge is 2.53. The van der Waals surface area contributed by atoms with Gasteiger partial charge in [0.05, 0.1) is 15.7 Å². The van der Waals surface area contributed by atoms with E-state index in [1.54, 1.807) is 4.68 Å². The van der Waals surface area contributed by atoms with E-state index < -0.39 is 7.12 Å². The van der Waals surface area contributed by atoms with Crippen molar-refractivity contribution in [3.8, 4) is 0 Å². The molecular formula is C10H16BBrN2O2. The van der Waals surface area contributed by atoms with Crippen LogP contribution >= 0.6 is 15.9 Å². The monoisotopic (exact) mass is 286 g/mol. The van der Waals surface area contributed by atoms with Crippen LogP contribution in [0.5, 0.6) is 0 Å². The summed E-state index contributed by atoms with van der Waals surface area (Å²) in [5.74, 6) is 0. The van der Waals surface area contributed by atoms with Gasteiger partial charge in [0.25, 0.3) is 0 Å². The highest BCUT2D eigenvalue weighted by molar-refractivity contribution is 9.10. The summed E-state index contributed by atoms with van der Waals surface area (Å²) in [4.78, 5) is 0. The van der Waals surface area contributed by atoms with Crippen molar-refractivity contribution in [3.05, 3.63) is 10.7 Å². The van der Waals surface area contributed by atoms with Crippen molar-refractivity contribution in [2.24, 2.45) is 7.05 Å². The molecule has 2 heterocycles. The highest BCUT2D eigenvalue weighted by Crippen LogP contribution is 2.36. The maximum absolute atomic E-state index is 5.92. The molecule has 0 N–H and O–H groups in total. The van der Waals surface area contributed by atoms with E-state index in [0.29, 0.717) is 0 Å². The Morgan fingerprint density at radius 2 is 1.75 bits per heavy atom. The predicted octanol–water partition coefficient (Wildman–Crippen LogP) is 1.48. The Morgan fingerprint density at radius 3 is 2.12 bits per heavy atom. The first-order valence-corrected chi connectivity index (χ1v) is 6.07. The molecule has 2 rings (SSSR count). The molecule has 0 spiro atoms. The van der Waals surface area contributed by atoms with Gasteiger partial charge < -0.3 is 9.31 Å². The molecule has 0 amide bonds. The van der Waals surface area contributed by atoms with Crippen LogP contribution in [0.3, 0.4) is 0 Å². The van der Waals surface area contributed by atoms with Gasteiger partial charge >= 0.3 is 7.12 Å². The minimum atomic E-state index is -0.402. The summed E-state index contributed by atoms with van der Waals surface area (Å²) >= 11 is 3.46. The fourth-order valence-corrected chi connectivity index (χ4v) is 2.15. The summed E-state index contributed by atoms with van der Waals surface area (Å²) in [5.41, 5.74) is 0.143. The van der Waals surface area contributed by atoms with Crippen molar-refractivity contribution in [1.29, 1.82) is 0 Å². The molecule has 0 atom stereocenters. The van der Waals surface area contributed by atoms with E-state index in [1.165, 1.54) is 0 Å². The van der Waals surface area contributed by atoms with Crippen LogP contribution in [0.4, 0.5) is 0 Å². The molecule has 0 aromatic carbocycles. The van der Waals surface area contributed by atoms with Crippen LogP contribution in [0.1, 0.15) is 27.7 Å². The molecule has 0 unspecified atom stereocenters. The first-order valence-electron chi connectivity index (χ1n) is 5.28. The van der Waals surface area contributed by atoms with Gasteiger partial charge in [0.2, 0.25) is 0 Å². The van der Waals surface area contributed by atoms with Crippen LogP contribution < -0.4 is 5.59 Å². The second kappa shape index (κ2) is 3.58. The molecule has 6 heteroatoms. The molecule has 1 aliphatic rings. The third-order valence-corrected chi connectivity index (χ3v) is 3.90. The van der Waals surface area contributed by atoms with Crippen molar-refractivity contribution in [3.63, 3.8) is 0 Å². The molecule has 0 bridgehead atoms. The molecule has 1 saturated heterocycles. The molecule has 4 nitrogen and oxygen atoms in total. The van der Waals surface area contributed by atoms with Crippen molar-refractivity contribution in [1.82, 2.24) is 9.78 Å². The van der Waals surface area contributed by atoms with Gasteiger partial charge in [-0.25, -0.2) is 0 Å². The SMILES string of the molecule is Cn1cc(Br)c(B2OC(C)(C)C(C)(C)O2)n1. The molecule has 16 heavy (non-hydrogen) atoms. The quantitative estimate of drug-likeness (QED) is 0.734. The molecule has 0 saturated carbocycles. The number of rotatable bonds is 1.